The van der Waals surface area contributed by atoms with Crippen molar-refractivity contribution in [3.8, 4) is 0 Å². The zero-order chi connectivity index (χ0) is 14.8. The number of rotatable bonds is 5. The molecule has 2 rings (SSSR count). The van der Waals surface area contributed by atoms with Crippen LogP contribution in [-0.2, 0) is 9.59 Å². The van der Waals surface area contributed by atoms with Crippen LogP contribution in [0.15, 0.2) is 18.2 Å². The summed E-state index contributed by atoms with van der Waals surface area (Å²) in [5.41, 5.74) is -0.514. The van der Waals surface area contributed by atoms with Crippen LogP contribution in [0.5, 0.6) is 0 Å². The van der Waals surface area contributed by atoms with Crippen LogP contribution >= 0.6 is 23.2 Å². The van der Waals surface area contributed by atoms with Gasteiger partial charge < -0.3 is 10.6 Å². The Kier molecular flexibility index (Phi) is 4.55. The molecule has 1 aromatic carbocycles. The van der Waals surface area contributed by atoms with E-state index in [0.717, 1.165) is 6.42 Å². The summed E-state index contributed by atoms with van der Waals surface area (Å²) in [5, 5.41) is 6.34. The minimum atomic E-state index is -0.944. The Morgan fingerprint density at radius 2 is 1.95 bits per heavy atom. The number of carbonyl (C=O) groups excluding carboxylic acids is 2. The molecule has 1 aliphatic carbocycles. The summed E-state index contributed by atoms with van der Waals surface area (Å²) < 4.78 is 0. The highest BCUT2D eigenvalue weighted by atomic mass is 35.5. The fourth-order valence-corrected chi connectivity index (χ4v) is 2.26. The maximum Gasteiger partial charge on any atom is 0.240 e. The molecule has 1 fully saturated rings. The molecule has 0 radical (unpaired) electrons. The molecule has 4 nitrogen and oxygen atoms in total. The molecule has 0 unspecified atom stereocenters. The predicted molar refractivity (Wildman–Crippen MR) is 80.1 cm³/mol. The minimum Gasteiger partial charge on any atom is -0.355 e. The number of halogens is 2. The van der Waals surface area contributed by atoms with Crippen molar-refractivity contribution in [3.05, 3.63) is 28.2 Å². The van der Waals surface area contributed by atoms with Crippen LogP contribution in [0.2, 0.25) is 10.0 Å². The number of hydrogen-bond donors (Lipinski definition) is 2. The lowest BCUT2D eigenvalue weighted by Gasteiger charge is -2.16. The second-order valence-electron chi connectivity index (χ2n) is 4.92. The van der Waals surface area contributed by atoms with Crippen LogP contribution in [0.25, 0.3) is 0 Å². The summed E-state index contributed by atoms with van der Waals surface area (Å²) in [6.45, 7) is 2.54. The van der Waals surface area contributed by atoms with Crippen molar-refractivity contribution >= 4 is 40.7 Å². The van der Waals surface area contributed by atoms with Gasteiger partial charge in [0, 0.05) is 11.6 Å². The number of nitrogens with one attached hydrogen (secondary N) is 2. The van der Waals surface area contributed by atoms with Gasteiger partial charge in [0.25, 0.3) is 0 Å². The third-order valence-electron chi connectivity index (χ3n) is 3.33. The lowest BCUT2D eigenvalue weighted by Crippen LogP contribution is -2.40. The van der Waals surface area contributed by atoms with Gasteiger partial charge >= 0.3 is 0 Å². The van der Waals surface area contributed by atoms with Crippen molar-refractivity contribution < 1.29 is 9.59 Å². The summed E-state index contributed by atoms with van der Waals surface area (Å²) in [5.74, 6) is -0.537. The van der Waals surface area contributed by atoms with E-state index < -0.39 is 5.41 Å². The molecule has 0 heterocycles. The average molecular weight is 315 g/mol. The summed E-state index contributed by atoms with van der Waals surface area (Å²) in [6.07, 6.45) is 1.96. The number of carbonyl (C=O) groups is 2. The fourth-order valence-electron chi connectivity index (χ4n) is 1.93. The molecule has 2 N–H and O–H groups in total. The molecular formula is C14H16Cl2N2O2. The first-order valence-electron chi connectivity index (χ1n) is 6.54. The molecule has 6 heteroatoms. The summed E-state index contributed by atoms with van der Waals surface area (Å²) >= 11 is 11.9. The number of amides is 2. The molecule has 1 aromatic rings. The van der Waals surface area contributed by atoms with Gasteiger partial charge in [-0.2, -0.15) is 0 Å². The van der Waals surface area contributed by atoms with E-state index in [1.165, 1.54) is 0 Å². The van der Waals surface area contributed by atoms with E-state index >= 15 is 0 Å². The Labute approximate surface area is 127 Å². The van der Waals surface area contributed by atoms with Crippen molar-refractivity contribution in [2.24, 2.45) is 5.41 Å². The van der Waals surface area contributed by atoms with Crippen molar-refractivity contribution in [1.29, 1.82) is 0 Å². The first kappa shape index (κ1) is 15.1. The highest BCUT2D eigenvalue weighted by Gasteiger charge is 2.56. The largest absolute Gasteiger partial charge is 0.355 e. The zero-order valence-electron chi connectivity index (χ0n) is 11.1. The van der Waals surface area contributed by atoms with E-state index in [2.05, 4.69) is 10.6 Å². The van der Waals surface area contributed by atoms with Gasteiger partial charge in [-0.05, 0) is 37.5 Å². The fraction of sp³-hybridized carbons (Fsp3) is 0.429. The first-order valence-corrected chi connectivity index (χ1v) is 7.30. The van der Waals surface area contributed by atoms with Gasteiger partial charge in [0.15, 0.2) is 0 Å². The Hall–Kier alpha value is -1.26. The lowest BCUT2D eigenvalue weighted by atomic mass is 10.0. The Bertz CT molecular complexity index is 542. The van der Waals surface area contributed by atoms with E-state index in [0.29, 0.717) is 35.1 Å². The molecule has 108 valence electrons. The average Bonchev–Trinajstić information content (AvgIpc) is 3.21. The van der Waals surface area contributed by atoms with Crippen molar-refractivity contribution in [1.82, 2.24) is 5.32 Å². The number of benzene rings is 1. The Morgan fingerprint density at radius 3 is 2.55 bits per heavy atom. The summed E-state index contributed by atoms with van der Waals surface area (Å²) in [6, 6.07) is 4.82. The molecule has 0 saturated heterocycles. The van der Waals surface area contributed by atoms with Crippen LogP contribution in [-0.4, -0.2) is 18.4 Å². The van der Waals surface area contributed by atoms with E-state index in [4.69, 9.17) is 23.2 Å². The monoisotopic (exact) mass is 314 g/mol. The standard InChI is InChI=1S/C14H16Cl2N2O2/c1-2-7-17-12(19)14(5-6-14)13(20)18-11-8-9(15)3-4-10(11)16/h3-4,8H,2,5-7H2,1H3,(H,17,19)(H,18,20). The van der Waals surface area contributed by atoms with E-state index in [9.17, 15) is 9.59 Å². The molecule has 20 heavy (non-hydrogen) atoms. The van der Waals surface area contributed by atoms with Gasteiger partial charge in [0.1, 0.15) is 5.41 Å². The minimum absolute atomic E-state index is 0.213. The van der Waals surface area contributed by atoms with Crippen molar-refractivity contribution in [2.75, 3.05) is 11.9 Å². The highest BCUT2D eigenvalue weighted by molar-refractivity contribution is 6.36. The van der Waals surface area contributed by atoms with Gasteiger partial charge in [-0.25, -0.2) is 0 Å². The van der Waals surface area contributed by atoms with Crippen molar-refractivity contribution in [3.63, 3.8) is 0 Å². The second-order valence-corrected chi connectivity index (χ2v) is 5.76. The van der Waals surface area contributed by atoms with Crippen LogP contribution in [0.1, 0.15) is 26.2 Å². The van der Waals surface area contributed by atoms with Gasteiger partial charge in [0.2, 0.25) is 11.8 Å². The SMILES string of the molecule is CCCNC(=O)C1(C(=O)Nc2cc(Cl)ccc2Cl)CC1. The Morgan fingerprint density at radius 1 is 1.25 bits per heavy atom. The molecule has 0 aliphatic heterocycles. The second kappa shape index (κ2) is 6.02. The summed E-state index contributed by atoms with van der Waals surface area (Å²) in [7, 11) is 0. The molecule has 1 aliphatic rings. The first-order chi connectivity index (χ1) is 9.49. The predicted octanol–water partition coefficient (Wildman–Crippen LogP) is 3.24. The third-order valence-corrected chi connectivity index (χ3v) is 3.90. The number of anilines is 1. The van der Waals surface area contributed by atoms with Gasteiger partial charge in [-0.15, -0.1) is 0 Å². The van der Waals surface area contributed by atoms with Crippen LogP contribution < -0.4 is 10.6 Å². The van der Waals surface area contributed by atoms with Gasteiger partial charge in [-0.1, -0.05) is 30.1 Å². The van der Waals surface area contributed by atoms with Crippen LogP contribution in [0, 0.1) is 5.41 Å². The topological polar surface area (TPSA) is 58.2 Å². The van der Waals surface area contributed by atoms with E-state index in [1.807, 2.05) is 6.92 Å². The van der Waals surface area contributed by atoms with Gasteiger partial charge in [0.05, 0.1) is 10.7 Å². The smallest absolute Gasteiger partial charge is 0.240 e. The zero-order valence-corrected chi connectivity index (χ0v) is 12.6. The molecule has 1 saturated carbocycles. The molecule has 0 atom stereocenters. The molecule has 2 amide bonds. The molecule has 0 spiro atoms. The van der Waals surface area contributed by atoms with Gasteiger partial charge in [-0.3, -0.25) is 9.59 Å². The normalized spacial score (nSPS) is 15.6. The lowest BCUT2D eigenvalue weighted by molar-refractivity contribution is -0.134. The maximum atomic E-state index is 12.3. The molecule has 0 bridgehead atoms. The molecule has 0 aromatic heterocycles. The van der Waals surface area contributed by atoms with E-state index in [1.54, 1.807) is 18.2 Å². The quantitative estimate of drug-likeness (QED) is 0.820. The Balaban J connectivity index is 2.08. The highest BCUT2D eigenvalue weighted by Crippen LogP contribution is 2.47. The van der Waals surface area contributed by atoms with Crippen LogP contribution in [0.3, 0.4) is 0 Å². The maximum absolute atomic E-state index is 12.3. The van der Waals surface area contributed by atoms with E-state index in [-0.39, 0.29) is 11.8 Å². The summed E-state index contributed by atoms with van der Waals surface area (Å²) in [4.78, 5) is 24.3. The third kappa shape index (κ3) is 3.07. The number of hydrogen-bond acceptors (Lipinski definition) is 2. The molecular weight excluding hydrogens is 299 g/mol. The van der Waals surface area contributed by atoms with Crippen LogP contribution in [0.4, 0.5) is 5.69 Å². The van der Waals surface area contributed by atoms with Crippen molar-refractivity contribution in [2.45, 2.75) is 26.2 Å².